The first-order valence-corrected chi connectivity index (χ1v) is 17.0. The summed E-state index contributed by atoms with van der Waals surface area (Å²) < 4.78 is 48.8. The number of alkyl halides is 3. The third-order valence-electron chi connectivity index (χ3n) is 7.50. The topological polar surface area (TPSA) is 143 Å². The third kappa shape index (κ3) is 14.7. The molecule has 0 aromatic carbocycles. The maximum Gasteiger partial charge on any atom is 0.471 e. The summed E-state index contributed by atoms with van der Waals surface area (Å²) in [6.45, 7) is 12.7. The van der Waals surface area contributed by atoms with Crippen LogP contribution in [-0.4, -0.2) is 121 Å². The van der Waals surface area contributed by atoms with E-state index in [4.69, 9.17) is 9.47 Å². The van der Waals surface area contributed by atoms with Crippen molar-refractivity contribution in [3.63, 3.8) is 0 Å². The molecule has 52 heavy (non-hydrogen) atoms. The highest BCUT2D eigenvalue weighted by molar-refractivity contribution is 5.82. The van der Waals surface area contributed by atoms with E-state index in [1.807, 2.05) is 20.8 Å². The fourth-order valence-corrected chi connectivity index (χ4v) is 5.16. The molecule has 2 aliphatic rings. The van der Waals surface area contributed by atoms with Crippen molar-refractivity contribution >= 4 is 18.1 Å². The van der Waals surface area contributed by atoms with Crippen LogP contribution in [0, 0.1) is 23.7 Å². The van der Waals surface area contributed by atoms with Crippen molar-refractivity contribution in [1.82, 2.24) is 40.0 Å². The molecule has 0 radical (unpaired) electrons. The molecule has 0 aliphatic carbocycles. The van der Waals surface area contributed by atoms with Crippen molar-refractivity contribution < 1.29 is 37.0 Å². The number of amides is 3. The number of carbonyl (C=O) groups excluding carboxylic acids is 3. The number of aromatic nitrogens is 4. The van der Waals surface area contributed by atoms with Crippen LogP contribution in [0.3, 0.4) is 0 Å². The second kappa shape index (κ2) is 19.0. The van der Waals surface area contributed by atoms with Gasteiger partial charge in [0.1, 0.15) is 22.6 Å². The summed E-state index contributed by atoms with van der Waals surface area (Å²) in [7, 11) is 0. The molecule has 2 aromatic rings. The number of hydrogen-bond acceptors (Lipinski definition) is 10. The lowest BCUT2D eigenvalue weighted by Gasteiger charge is -2.38. The zero-order chi connectivity index (χ0) is 38.4. The molecule has 13 nitrogen and oxygen atoms in total. The van der Waals surface area contributed by atoms with Crippen LogP contribution in [0.1, 0.15) is 78.6 Å². The number of nitrogens with one attached hydrogen (secondary N) is 1. The highest BCUT2D eigenvalue weighted by Gasteiger charge is 2.44. The molecule has 2 aromatic heterocycles. The predicted octanol–water partition coefficient (Wildman–Crippen LogP) is 4.44. The first-order chi connectivity index (χ1) is 24.4. The predicted molar refractivity (Wildman–Crippen MR) is 185 cm³/mol. The fourth-order valence-electron chi connectivity index (χ4n) is 5.16. The second-order valence-electron chi connectivity index (χ2n) is 14.0. The van der Waals surface area contributed by atoms with Gasteiger partial charge in [0.05, 0.1) is 25.5 Å². The number of rotatable bonds is 4. The van der Waals surface area contributed by atoms with Crippen LogP contribution in [0.25, 0.3) is 0 Å². The standard InChI is InChI=1S/C19H23F3N4O3.C17H24N4O2/c1-18(2,3)29-17(28)26(10-4-5-14-13-23-8-9-24-14)15-6-11-25(12-7-15)16(27)19(20,21)22;1-17(2,3)23-16(22)21(15-6-8-18-9-7-15)12-4-5-14-13-19-10-11-20-14/h8-9,13,15H,6-7,10-12H2,1-3H3;10-11,13,15,18H,6-9,12H2,1-3H3. The van der Waals surface area contributed by atoms with Crippen molar-refractivity contribution in [2.24, 2.45) is 0 Å². The molecule has 16 heteroatoms. The Kier molecular flexibility index (Phi) is 15.2. The van der Waals surface area contributed by atoms with Gasteiger partial charge in [0.2, 0.25) is 0 Å². The molecule has 0 unspecified atom stereocenters. The van der Waals surface area contributed by atoms with Crippen molar-refractivity contribution in [2.75, 3.05) is 39.3 Å². The third-order valence-corrected chi connectivity index (χ3v) is 7.50. The lowest BCUT2D eigenvalue weighted by molar-refractivity contribution is -0.186. The van der Waals surface area contributed by atoms with E-state index in [1.54, 1.807) is 44.3 Å². The van der Waals surface area contributed by atoms with Gasteiger partial charge in [0.25, 0.3) is 0 Å². The first kappa shape index (κ1) is 41.5. The smallest absolute Gasteiger partial charge is 0.444 e. The highest BCUT2D eigenvalue weighted by Crippen LogP contribution is 2.24. The summed E-state index contributed by atoms with van der Waals surface area (Å²) in [6, 6.07) is -0.236. The maximum absolute atomic E-state index is 12.6. The minimum absolute atomic E-state index is 0.0172. The highest BCUT2D eigenvalue weighted by atomic mass is 19.4. The van der Waals surface area contributed by atoms with Gasteiger partial charge < -0.3 is 19.7 Å². The average molecular weight is 729 g/mol. The minimum atomic E-state index is -4.90. The summed E-state index contributed by atoms with van der Waals surface area (Å²) >= 11 is 0. The van der Waals surface area contributed by atoms with Gasteiger partial charge in [-0.25, -0.2) is 19.6 Å². The van der Waals surface area contributed by atoms with Gasteiger partial charge in [0.15, 0.2) is 0 Å². The molecule has 0 saturated carbocycles. The van der Waals surface area contributed by atoms with E-state index in [0.29, 0.717) is 17.9 Å². The molecule has 2 saturated heterocycles. The molecule has 0 atom stereocenters. The largest absolute Gasteiger partial charge is 0.471 e. The minimum Gasteiger partial charge on any atom is -0.444 e. The van der Waals surface area contributed by atoms with E-state index in [-0.39, 0.29) is 44.6 Å². The van der Waals surface area contributed by atoms with Crippen molar-refractivity contribution in [1.29, 1.82) is 0 Å². The van der Waals surface area contributed by atoms with Crippen molar-refractivity contribution in [3.8, 4) is 23.7 Å². The van der Waals surface area contributed by atoms with Crippen LogP contribution in [0.2, 0.25) is 0 Å². The monoisotopic (exact) mass is 728 g/mol. The SMILES string of the molecule is CC(C)(C)OC(=O)N(CC#Cc1cnccn1)C1CCN(C(=O)C(F)(F)F)CC1.CC(C)(C)OC(=O)N(CC#Cc1cnccn1)C1CCNCC1. The summed E-state index contributed by atoms with van der Waals surface area (Å²) in [5, 5.41) is 3.31. The lowest BCUT2D eigenvalue weighted by atomic mass is 10.0. The molecule has 4 heterocycles. The Hall–Kier alpha value is -4.96. The number of nitrogens with zero attached hydrogens (tertiary/aromatic N) is 7. The molecule has 0 spiro atoms. The lowest BCUT2D eigenvalue weighted by Crippen LogP contribution is -2.52. The summed E-state index contributed by atoms with van der Waals surface area (Å²) in [5.74, 6) is 9.73. The Labute approximate surface area is 303 Å². The Morgan fingerprint density at radius 2 is 1.17 bits per heavy atom. The van der Waals surface area contributed by atoms with Gasteiger partial charge in [0, 0.05) is 50.0 Å². The number of carbonyl (C=O) groups is 3. The number of ether oxygens (including phenoxy) is 2. The molecular weight excluding hydrogens is 681 g/mol. The zero-order valence-corrected chi connectivity index (χ0v) is 30.5. The van der Waals surface area contributed by atoms with Crippen LogP contribution < -0.4 is 5.32 Å². The van der Waals surface area contributed by atoms with Gasteiger partial charge in [-0.3, -0.25) is 24.6 Å². The van der Waals surface area contributed by atoms with Crippen LogP contribution in [-0.2, 0) is 14.3 Å². The van der Waals surface area contributed by atoms with Gasteiger partial charge in [-0.15, -0.1) is 0 Å². The quantitative estimate of drug-likeness (QED) is 0.450. The molecule has 2 aliphatic heterocycles. The molecule has 2 fully saturated rings. The van der Waals surface area contributed by atoms with E-state index in [1.165, 1.54) is 23.5 Å². The van der Waals surface area contributed by atoms with Gasteiger partial charge in [-0.05, 0) is 92.2 Å². The Bertz CT molecular complexity index is 1580. The molecule has 1 N–H and O–H groups in total. The second-order valence-corrected chi connectivity index (χ2v) is 14.0. The van der Waals surface area contributed by atoms with E-state index in [2.05, 4.69) is 48.9 Å². The van der Waals surface area contributed by atoms with Gasteiger partial charge in [-0.1, -0.05) is 11.8 Å². The van der Waals surface area contributed by atoms with Crippen molar-refractivity contribution in [3.05, 3.63) is 48.6 Å². The van der Waals surface area contributed by atoms with Crippen molar-refractivity contribution in [2.45, 2.75) is 96.7 Å². The summed E-state index contributed by atoms with van der Waals surface area (Å²) in [6.07, 6.45) is 5.69. The van der Waals surface area contributed by atoms with E-state index >= 15 is 0 Å². The molecule has 3 amide bonds. The van der Waals surface area contributed by atoms with E-state index in [9.17, 15) is 27.6 Å². The van der Waals surface area contributed by atoms with E-state index < -0.39 is 35.4 Å². The van der Waals surface area contributed by atoms with Crippen LogP contribution in [0.4, 0.5) is 22.8 Å². The number of hydrogen-bond donors (Lipinski definition) is 1. The molecule has 282 valence electrons. The fraction of sp³-hybridized carbons (Fsp3) is 0.583. The molecule has 0 bridgehead atoms. The van der Waals surface area contributed by atoms with Crippen LogP contribution in [0.15, 0.2) is 37.2 Å². The van der Waals surface area contributed by atoms with Gasteiger partial charge >= 0.3 is 24.3 Å². The Morgan fingerprint density at radius 1 is 0.750 bits per heavy atom. The summed E-state index contributed by atoms with van der Waals surface area (Å²) in [5.41, 5.74) is -0.217. The first-order valence-electron chi connectivity index (χ1n) is 17.0. The van der Waals surface area contributed by atoms with Crippen LogP contribution >= 0.6 is 0 Å². The number of halogens is 3. The maximum atomic E-state index is 12.6. The number of likely N-dealkylation sites (tertiary alicyclic amines) is 1. The average Bonchev–Trinajstić information content (AvgIpc) is 3.08. The molecule has 4 rings (SSSR count). The Balaban J connectivity index is 0.000000288. The van der Waals surface area contributed by atoms with Gasteiger partial charge in [-0.2, -0.15) is 13.2 Å². The van der Waals surface area contributed by atoms with Crippen LogP contribution in [0.5, 0.6) is 0 Å². The van der Waals surface area contributed by atoms with E-state index in [0.717, 1.165) is 30.8 Å². The summed E-state index contributed by atoms with van der Waals surface area (Å²) in [4.78, 5) is 56.4. The Morgan fingerprint density at radius 3 is 1.54 bits per heavy atom. The number of piperidine rings is 2. The normalized spacial score (nSPS) is 15.4. The zero-order valence-electron chi connectivity index (χ0n) is 30.5. The molecular formula is C36H47F3N8O5.